The number of nitrogens with one attached hydrogen (secondary N) is 1. The summed E-state index contributed by atoms with van der Waals surface area (Å²) in [6.07, 6.45) is 6.49. The van der Waals surface area contributed by atoms with Crippen LogP contribution in [0.2, 0.25) is 0 Å². The van der Waals surface area contributed by atoms with Gasteiger partial charge in [-0.3, -0.25) is 0 Å². The maximum absolute atomic E-state index is 10.7. The van der Waals surface area contributed by atoms with Gasteiger partial charge in [-0.1, -0.05) is 36.8 Å². The molecule has 3 atom stereocenters. The molecule has 0 saturated carbocycles. The summed E-state index contributed by atoms with van der Waals surface area (Å²) < 4.78 is 0. The molecule has 116 valence electrons. The Bertz CT molecular complexity index is 446. The van der Waals surface area contributed by atoms with Crippen LogP contribution in [0.25, 0.3) is 0 Å². The molecule has 0 spiro atoms. The normalized spacial score (nSPS) is 32.6. The van der Waals surface area contributed by atoms with Crippen molar-refractivity contribution >= 4 is 0 Å². The molecule has 2 fully saturated rings. The van der Waals surface area contributed by atoms with Gasteiger partial charge in [0.2, 0.25) is 0 Å². The summed E-state index contributed by atoms with van der Waals surface area (Å²) in [4.78, 5) is 2.58. The van der Waals surface area contributed by atoms with Gasteiger partial charge in [0, 0.05) is 24.7 Å². The van der Waals surface area contributed by atoms with E-state index in [4.69, 9.17) is 0 Å². The highest BCUT2D eigenvalue weighted by molar-refractivity contribution is 5.21. The fourth-order valence-electron chi connectivity index (χ4n) is 4.02. The molecular weight excluding hydrogens is 260 g/mol. The Balaban J connectivity index is 1.58. The molecule has 2 bridgehead atoms. The van der Waals surface area contributed by atoms with Gasteiger partial charge in [-0.15, -0.1) is 0 Å². The molecule has 2 heterocycles. The molecule has 0 aliphatic carbocycles. The van der Waals surface area contributed by atoms with Gasteiger partial charge in [0.05, 0.1) is 5.60 Å². The third-order valence-corrected chi connectivity index (χ3v) is 5.47. The van der Waals surface area contributed by atoms with Gasteiger partial charge in [-0.2, -0.15) is 0 Å². The zero-order valence-corrected chi connectivity index (χ0v) is 13.3. The van der Waals surface area contributed by atoms with Gasteiger partial charge >= 0.3 is 0 Å². The van der Waals surface area contributed by atoms with Crippen LogP contribution in [0.4, 0.5) is 0 Å². The van der Waals surface area contributed by atoms with Gasteiger partial charge in [-0.25, -0.2) is 0 Å². The summed E-state index contributed by atoms with van der Waals surface area (Å²) in [7, 11) is 2.28. The average molecular weight is 288 g/mol. The van der Waals surface area contributed by atoms with Crippen LogP contribution in [0.1, 0.15) is 44.6 Å². The zero-order chi connectivity index (χ0) is 14.9. The van der Waals surface area contributed by atoms with E-state index in [9.17, 15) is 5.11 Å². The number of hydrogen-bond acceptors (Lipinski definition) is 3. The predicted molar refractivity (Wildman–Crippen MR) is 86.2 cm³/mol. The minimum absolute atomic E-state index is 0.548. The number of piperidine rings is 2. The molecule has 0 aromatic heterocycles. The van der Waals surface area contributed by atoms with Crippen LogP contribution >= 0.6 is 0 Å². The Morgan fingerprint density at radius 3 is 2.43 bits per heavy atom. The Hall–Kier alpha value is -0.900. The molecule has 2 N–H and O–H groups in total. The van der Waals surface area contributed by atoms with Gasteiger partial charge in [0.15, 0.2) is 0 Å². The first-order chi connectivity index (χ1) is 10.1. The van der Waals surface area contributed by atoms with Crippen LogP contribution in [0, 0.1) is 0 Å². The fraction of sp³-hybridized carbons (Fsp3) is 0.667. The summed E-state index contributed by atoms with van der Waals surface area (Å²) in [6, 6.07) is 12.0. The molecule has 1 aromatic carbocycles. The first-order valence-electron chi connectivity index (χ1n) is 8.29. The molecule has 3 heteroatoms. The maximum Gasteiger partial charge on any atom is 0.0992 e. The van der Waals surface area contributed by atoms with E-state index in [-0.39, 0.29) is 0 Å². The lowest BCUT2D eigenvalue weighted by Crippen LogP contribution is -2.55. The van der Waals surface area contributed by atoms with E-state index in [1.165, 1.54) is 32.1 Å². The number of hydrogen-bond donors (Lipinski definition) is 2. The van der Waals surface area contributed by atoms with Gasteiger partial charge < -0.3 is 15.3 Å². The maximum atomic E-state index is 10.7. The van der Waals surface area contributed by atoms with E-state index in [0.29, 0.717) is 12.6 Å². The molecule has 3 nitrogen and oxygen atoms in total. The van der Waals surface area contributed by atoms with E-state index in [1.54, 1.807) is 0 Å². The summed E-state index contributed by atoms with van der Waals surface area (Å²) in [6.45, 7) is 2.54. The van der Waals surface area contributed by atoms with E-state index >= 15 is 0 Å². The van der Waals surface area contributed by atoms with E-state index in [0.717, 1.165) is 17.6 Å². The number of nitrogens with zero attached hydrogens (tertiary/aromatic N) is 1. The molecule has 1 aromatic rings. The van der Waals surface area contributed by atoms with Crippen molar-refractivity contribution in [1.82, 2.24) is 10.2 Å². The third kappa shape index (κ3) is 3.31. The number of aliphatic hydroxyl groups is 1. The fourth-order valence-corrected chi connectivity index (χ4v) is 4.02. The van der Waals surface area contributed by atoms with E-state index in [2.05, 4.69) is 17.3 Å². The van der Waals surface area contributed by atoms with Crippen molar-refractivity contribution in [2.75, 3.05) is 13.6 Å². The van der Waals surface area contributed by atoms with Crippen LogP contribution in [0.15, 0.2) is 30.3 Å². The molecule has 2 saturated heterocycles. The Kier molecular flexibility index (Phi) is 4.34. The molecule has 0 amide bonds. The highest BCUT2D eigenvalue weighted by Crippen LogP contribution is 2.33. The van der Waals surface area contributed by atoms with Crippen LogP contribution < -0.4 is 5.32 Å². The smallest absolute Gasteiger partial charge is 0.0992 e. The van der Waals surface area contributed by atoms with Gasteiger partial charge in [0.1, 0.15) is 0 Å². The first kappa shape index (κ1) is 15.0. The topological polar surface area (TPSA) is 35.5 Å². The van der Waals surface area contributed by atoms with Crippen molar-refractivity contribution in [1.29, 1.82) is 0 Å². The van der Waals surface area contributed by atoms with Crippen molar-refractivity contribution in [3.05, 3.63) is 35.9 Å². The van der Waals surface area contributed by atoms with Crippen LogP contribution in [-0.4, -0.2) is 41.7 Å². The molecule has 2 aliphatic rings. The summed E-state index contributed by atoms with van der Waals surface area (Å²) in [5.74, 6) is 0. The van der Waals surface area contributed by atoms with E-state index in [1.807, 2.05) is 37.3 Å². The summed E-state index contributed by atoms with van der Waals surface area (Å²) in [5.41, 5.74) is 0.199. The van der Waals surface area contributed by atoms with Crippen molar-refractivity contribution in [2.24, 2.45) is 0 Å². The average Bonchev–Trinajstić information content (AvgIpc) is 2.46. The lowest BCUT2D eigenvalue weighted by molar-refractivity contribution is 0.0257. The second-order valence-electron chi connectivity index (χ2n) is 7.09. The van der Waals surface area contributed by atoms with Crippen LogP contribution in [-0.2, 0) is 5.60 Å². The highest BCUT2D eigenvalue weighted by Gasteiger charge is 2.36. The molecule has 3 unspecified atom stereocenters. The Morgan fingerprint density at radius 1 is 1.19 bits per heavy atom. The van der Waals surface area contributed by atoms with Crippen molar-refractivity contribution in [3.8, 4) is 0 Å². The number of benzene rings is 1. The van der Waals surface area contributed by atoms with Crippen molar-refractivity contribution in [2.45, 2.75) is 62.8 Å². The highest BCUT2D eigenvalue weighted by atomic mass is 16.3. The largest absolute Gasteiger partial charge is 0.384 e. The minimum atomic E-state index is -0.792. The van der Waals surface area contributed by atoms with Gasteiger partial charge in [0.25, 0.3) is 0 Å². The number of rotatable bonds is 4. The Labute approximate surface area is 128 Å². The monoisotopic (exact) mass is 288 g/mol. The molecule has 0 radical (unpaired) electrons. The quantitative estimate of drug-likeness (QED) is 0.893. The predicted octanol–water partition coefficient (Wildman–Crippen LogP) is 2.50. The standard InChI is InChI=1S/C18H28N2O/c1-18(21,14-7-4-3-5-8-14)13-19-15-11-16-9-6-10-17(12-15)20(16)2/h3-5,7-8,15-17,19,21H,6,9-13H2,1-2H3. The van der Waals surface area contributed by atoms with Crippen molar-refractivity contribution < 1.29 is 5.11 Å². The SMILES string of the molecule is CN1C2CCCC1CC(NCC(C)(O)c1ccccc1)C2. The summed E-state index contributed by atoms with van der Waals surface area (Å²) in [5, 5.41) is 14.3. The summed E-state index contributed by atoms with van der Waals surface area (Å²) >= 11 is 0. The molecule has 3 rings (SSSR count). The van der Waals surface area contributed by atoms with Gasteiger partial charge in [-0.05, 0) is 45.2 Å². The lowest BCUT2D eigenvalue weighted by atomic mass is 9.82. The second kappa shape index (κ2) is 6.07. The molecule has 2 aliphatic heterocycles. The second-order valence-corrected chi connectivity index (χ2v) is 7.09. The number of fused-ring (bicyclic) bond motifs is 2. The van der Waals surface area contributed by atoms with Crippen molar-refractivity contribution in [3.63, 3.8) is 0 Å². The lowest BCUT2D eigenvalue weighted by Gasteiger charge is -2.47. The Morgan fingerprint density at radius 2 is 1.81 bits per heavy atom. The van der Waals surface area contributed by atoms with E-state index < -0.39 is 5.60 Å². The minimum Gasteiger partial charge on any atom is -0.384 e. The third-order valence-electron chi connectivity index (χ3n) is 5.47. The van der Waals surface area contributed by atoms with Crippen LogP contribution in [0.3, 0.4) is 0 Å². The first-order valence-corrected chi connectivity index (χ1v) is 8.29. The molecule has 21 heavy (non-hydrogen) atoms. The van der Waals surface area contributed by atoms with Crippen LogP contribution in [0.5, 0.6) is 0 Å². The molecular formula is C18H28N2O. The zero-order valence-electron chi connectivity index (χ0n) is 13.3.